The maximum Gasteiger partial charge on any atom is 0.337 e. The van der Waals surface area contributed by atoms with Crippen LogP contribution in [-0.2, 0) is 19.1 Å². The summed E-state index contributed by atoms with van der Waals surface area (Å²) in [5, 5.41) is 5.57. The highest BCUT2D eigenvalue weighted by Crippen LogP contribution is 2.17. The summed E-state index contributed by atoms with van der Waals surface area (Å²) in [5.74, 6) is -1.69. The van der Waals surface area contributed by atoms with E-state index in [1.807, 2.05) is 0 Å². The molecule has 2 amide bonds. The summed E-state index contributed by atoms with van der Waals surface area (Å²) in [5.41, 5.74) is 0.679. The smallest absolute Gasteiger partial charge is 0.337 e. The van der Waals surface area contributed by atoms with Crippen LogP contribution < -0.4 is 10.6 Å². The van der Waals surface area contributed by atoms with E-state index in [4.69, 9.17) is 4.74 Å². The van der Waals surface area contributed by atoms with Crippen molar-refractivity contribution >= 4 is 23.8 Å². The lowest BCUT2D eigenvalue weighted by molar-refractivity contribution is -0.137. The number of rotatable bonds is 8. The molecule has 2 rings (SSSR count). The Labute approximate surface area is 163 Å². The average molecular weight is 388 g/mol. The van der Waals surface area contributed by atoms with Gasteiger partial charge in [0.1, 0.15) is 0 Å². The first kappa shape index (κ1) is 21.1. The topological polar surface area (TPSA) is 111 Å². The number of hydrogen-bond donors (Lipinski definition) is 2. The summed E-state index contributed by atoms with van der Waals surface area (Å²) in [6.45, 7) is 2.55. The molecule has 1 aliphatic rings. The van der Waals surface area contributed by atoms with Crippen molar-refractivity contribution in [3.05, 3.63) is 47.5 Å². The van der Waals surface area contributed by atoms with Crippen molar-refractivity contribution in [1.29, 1.82) is 0 Å². The second kappa shape index (κ2) is 10.2. The van der Waals surface area contributed by atoms with Crippen molar-refractivity contribution in [2.75, 3.05) is 20.3 Å². The van der Waals surface area contributed by atoms with Gasteiger partial charge in [0, 0.05) is 30.1 Å². The predicted octanol–water partition coefficient (Wildman–Crippen LogP) is 1.22. The molecule has 0 aliphatic carbocycles. The molecule has 1 aromatic carbocycles. The van der Waals surface area contributed by atoms with E-state index in [9.17, 15) is 19.2 Å². The number of carbonyl (C=O) groups is 4. The molecule has 2 atom stereocenters. The van der Waals surface area contributed by atoms with Crippen LogP contribution in [-0.4, -0.2) is 50.1 Å². The van der Waals surface area contributed by atoms with Crippen LogP contribution in [0.3, 0.4) is 0 Å². The lowest BCUT2D eigenvalue weighted by atomic mass is 9.97. The quantitative estimate of drug-likeness (QED) is 0.512. The highest BCUT2D eigenvalue weighted by molar-refractivity contribution is 5.96. The molecule has 0 saturated carbocycles. The summed E-state index contributed by atoms with van der Waals surface area (Å²) in [6, 6.07) is 5.49. The van der Waals surface area contributed by atoms with Crippen molar-refractivity contribution in [3.63, 3.8) is 0 Å². The Morgan fingerprint density at radius 1 is 1.25 bits per heavy atom. The molecule has 1 saturated heterocycles. The molecule has 150 valence electrons. The van der Waals surface area contributed by atoms with E-state index in [1.54, 1.807) is 6.92 Å². The fraction of sp³-hybridized carbons (Fsp3) is 0.400. The summed E-state index contributed by atoms with van der Waals surface area (Å²) in [7, 11) is 1.28. The number of nitrogens with one attached hydrogen (secondary N) is 2. The fourth-order valence-corrected chi connectivity index (χ4v) is 2.87. The van der Waals surface area contributed by atoms with Crippen LogP contribution in [0.25, 0.3) is 0 Å². The Morgan fingerprint density at radius 3 is 2.50 bits per heavy atom. The molecule has 0 radical (unpaired) electrons. The van der Waals surface area contributed by atoms with Gasteiger partial charge < -0.3 is 20.1 Å². The average Bonchev–Trinajstić information content (AvgIpc) is 3.10. The van der Waals surface area contributed by atoms with E-state index < -0.39 is 18.0 Å². The molecule has 1 heterocycles. The normalized spacial score (nSPS) is 17.1. The zero-order chi connectivity index (χ0) is 20.5. The van der Waals surface area contributed by atoms with Crippen molar-refractivity contribution < 1.29 is 28.7 Å². The Hall–Kier alpha value is -3.16. The standard InChI is InChI=1S/C20H24N2O6/c1-3-28-17(23)9-8-16(12-15-10-11-21-18(15)24)22-19(25)13-4-6-14(7-5-13)20(26)27-2/h4-9,15-16H,3,10-12H2,1-2H3,(H,21,24)(H,22,25)/t15-,16+/m0/s1. The molecule has 0 aromatic heterocycles. The molecule has 0 spiro atoms. The minimum Gasteiger partial charge on any atom is -0.465 e. The molecule has 0 bridgehead atoms. The largest absolute Gasteiger partial charge is 0.465 e. The highest BCUT2D eigenvalue weighted by Gasteiger charge is 2.27. The van der Waals surface area contributed by atoms with Gasteiger partial charge in [-0.1, -0.05) is 6.08 Å². The van der Waals surface area contributed by atoms with Gasteiger partial charge in [0.05, 0.1) is 19.3 Å². The van der Waals surface area contributed by atoms with Crippen LogP contribution in [0.4, 0.5) is 0 Å². The summed E-state index contributed by atoms with van der Waals surface area (Å²) in [6.07, 6.45) is 3.83. The van der Waals surface area contributed by atoms with Gasteiger partial charge in [-0.05, 0) is 44.0 Å². The number of esters is 2. The summed E-state index contributed by atoms with van der Waals surface area (Å²) >= 11 is 0. The molecule has 1 fully saturated rings. The SMILES string of the molecule is CCOC(=O)C=C[C@H](C[C@@H]1CCNC1=O)NC(=O)c1ccc(C(=O)OC)cc1. The Bertz CT molecular complexity index is 756. The van der Waals surface area contributed by atoms with E-state index >= 15 is 0 Å². The van der Waals surface area contributed by atoms with E-state index in [1.165, 1.54) is 43.5 Å². The van der Waals surface area contributed by atoms with Crippen LogP contribution >= 0.6 is 0 Å². The van der Waals surface area contributed by atoms with Gasteiger partial charge in [0.2, 0.25) is 5.91 Å². The summed E-state index contributed by atoms with van der Waals surface area (Å²) < 4.78 is 9.49. The van der Waals surface area contributed by atoms with Gasteiger partial charge in [-0.15, -0.1) is 0 Å². The van der Waals surface area contributed by atoms with Gasteiger partial charge >= 0.3 is 11.9 Å². The first-order valence-corrected chi connectivity index (χ1v) is 9.06. The lowest BCUT2D eigenvalue weighted by Crippen LogP contribution is -2.36. The fourth-order valence-electron chi connectivity index (χ4n) is 2.87. The van der Waals surface area contributed by atoms with Crippen molar-refractivity contribution in [1.82, 2.24) is 10.6 Å². The van der Waals surface area contributed by atoms with Crippen LogP contribution in [0.2, 0.25) is 0 Å². The van der Waals surface area contributed by atoms with E-state index in [0.29, 0.717) is 30.5 Å². The molecule has 1 aliphatic heterocycles. The van der Waals surface area contributed by atoms with E-state index in [2.05, 4.69) is 15.4 Å². The first-order valence-electron chi connectivity index (χ1n) is 9.06. The molecule has 1 aromatic rings. The molecule has 8 nitrogen and oxygen atoms in total. The monoisotopic (exact) mass is 388 g/mol. The van der Waals surface area contributed by atoms with Crippen molar-refractivity contribution in [3.8, 4) is 0 Å². The number of amides is 2. The first-order chi connectivity index (χ1) is 13.4. The number of methoxy groups -OCH3 is 1. The number of carbonyl (C=O) groups excluding carboxylic acids is 4. The highest BCUT2D eigenvalue weighted by atomic mass is 16.5. The number of benzene rings is 1. The van der Waals surface area contributed by atoms with Gasteiger partial charge in [0.25, 0.3) is 5.91 Å². The Kier molecular flexibility index (Phi) is 7.74. The second-order valence-electron chi connectivity index (χ2n) is 6.27. The van der Waals surface area contributed by atoms with Gasteiger partial charge in [-0.3, -0.25) is 9.59 Å². The predicted molar refractivity (Wildman–Crippen MR) is 101 cm³/mol. The maximum absolute atomic E-state index is 12.6. The Balaban J connectivity index is 2.08. The minimum atomic E-state index is -0.522. The number of hydrogen-bond acceptors (Lipinski definition) is 6. The van der Waals surface area contributed by atoms with Crippen molar-refractivity contribution in [2.45, 2.75) is 25.8 Å². The summed E-state index contributed by atoms with van der Waals surface area (Å²) in [4.78, 5) is 47.5. The van der Waals surface area contributed by atoms with Crippen LogP contribution in [0.15, 0.2) is 36.4 Å². The molecule has 28 heavy (non-hydrogen) atoms. The number of ether oxygens (including phenoxy) is 2. The molecule has 0 unspecified atom stereocenters. The zero-order valence-corrected chi connectivity index (χ0v) is 15.9. The third-order valence-electron chi connectivity index (χ3n) is 4.34. The third-order valence-corrected chi connectivity index (χ3v) is 4.34. The van der Waals surface area contributed by atoms with Gasteiger partial charge in [-0.25, -0.2) is 9.59 Å². The molecular formula is C20H24N2O6. The van der Waals surface area contributed by atoms with E-state index in [-0.39, 0.29) is 24.3 Å². The van der Waals surface area contributed by atoms with Crippen molar-refractivity contribution in [2.24, 2.45) is 5.92 Å². The minimum absolute atomic E-state index is 0.0637. The van der Waals surface area contributed by atoms with E-state index in [0.717, 1.165) is 0 Å². The third kappa shape index (κ3) is 5.94. The lowest BCUT2D eigenvalue weighted by Gasteiger charge is -2.18. The van der Waals surface area contributed by atoms with Crippen LogP contribution in [0.1, 0.15) is 40.5 Å². The van der Waals surface area contributed by atoms with Crippen LogP contribution in [0, 0.1) is 5.92 Å². The maximum atomic E-state index is 12.6. The molecule has 8 heteroatoms. The molecule has 2 N–H and O–H groups in total. The van der Waals surface area contributed by atoms with Gasteiger partial charge in [0.15, 0.2) is 0 Å². The van der Waals surface area contributed by atoms with Gasteiger partial charge in [-0.2, -0.15) is 0 Å². The zero-order valence-electron chi connectivity index (χ0n) is 15.9. The Morgan fingerprint density at radius 2 is 1.93 bits per heavy atom. The second-order valence-corrected chi connectivity index (χ2v) is 6.27. The van der Waals surface area contributed by atoms with Crippen LogP contribution in [0.5, 0.6) is 0 Å². The molecular weight excluding hydrogens is 364 g/mol.